The Kier molecular flexibility index (Phi) is 10.4. The van der Waals surface area contributed by atoms with Gasteiger partial charge in [0.05, 0.1) is 11.0 Å². The Bertz CT molecular complexity index is 762. The van der Waals surface area contributed by atoms with E-state index in [-0.39, 0.29) is 29.4 Å². The molecule has 0 amide bonds. The highest BCUT2D eigenvalue weighted by Crippen LogP contribution is 2.48. The minimum absolute atomic E-state index is 0. The lowest BCUT2D eigenvalue weighted by Crippen LogP contribution is -2.65. The van der Waals surface area contributed by atoms with Crippen molar-refractivity contribution in [3.8, 4) is 0 Å². The van der Waals surface area contributed by atoms with Crippen LogP contribution in [0.1, 0.15) is 45.6 Å². The van der Waals surface area contributed by atoms with Gasteiger partial charge in [0.2, 0.25) is 0 Å². The van der Waals surface area contributed by atoms with Gasteiger partial charge in [0.25, 0.3) is 0 Å². The van der Waals surface area contributed by atoms with Crippen molar-refractivity contribution >= 4 is 39.8 Å². The first-order valence-corrected chi connectivity index (χ1v) is 12.1. The average molecular weight is 538 g/mol. The molecule has 2 rings (SSSR count). The Balaban J connectivity index is 0.00000420. The number of nitrogens with one attached hydrogen (secondary N) is 2. The Morgan fingerprint density at radius 2 is 1.83 bits per heavy atom. The zero-order valence-corrected chi connectivity index (χ0v) is 21.3. The first kappa shape index (κ1) is 26.2. The van der Waals surface area contributed by atoms with Crippen LogP contribution in [0.5, 0.6) is 0 Å². The lowest BCUT2D eigenvalue weighted by Gasteiger charge is -2.55. The lowest BCUT2D eigenvalue weighted by atomic mass is 9.58. The summed E-state index contributed by atoms with van der Waals surface area (Å²) in [4.78, 5) is 4.72. The van der Waals surface area contributed by atoms with E-state index in [0.29, 0.717) is 17.0 Å². The molecule has 8 heteroatoms. The molecule has 2 unspecified atom stereocenters. The zero-order chi connectivity index (χ0) is 20.8. The Labute approximate surface area is 193 Å². The van der Waals surface area contributed by atoms with Crippen LogP contribution in [0, 0.1) is 5.41 Å². The van der Waals surface area contributed by atoms with Crippen molar-refractivity contribution in [2.24, 2.45) is 10.4 Å². The first-order chi connectivity index (χ1) is 13.3. The van der Waals surface area contributed by atoms with Gasteiger partial charge in [-0.3, -0.25) is 4.99 Å². The van der Waals surface area contributed by atoms with E-state index < -0.39 is 9.84 Å². The Hall–Kier alpha value is -0.870. The quantitative estimate of drug-likeness (QED) is 0.287. The average Bonchev–Trinajstić information content (AvgIpc) is 2.66. The molecule has 1 saturated carbocycles. The highest BCUT2D eigenvalue weighted by atomic mass is 127. The van der Waals surface area contributed by atoms with E-state index in [1.807, 2.05) is 12.1 Å². The maximum absolute atomic E-state index is 11.5. The third-order valence-electron chi connectivity index (χ3n) is 6.06. The lowest BCUT2D eigenvalue weighted by molar-refractivity contribution is -0.133. The molecule has 2 atom stereocenters. The number of benzene rings is 1. The first-order valence-electron chi connectivity index (χ1n) is 10.2. The second-order valence-corrected chi connectivity index (χ2v) is 9.50. The summed E-state index contributed by atoms with van der Waals surface area (Å²) in [6, 6.07) is 7.42. The van der Waals surface area contributed by atoms with Crippen LogP contribution < -0.4 is 10.6 Å². The molecule has 0 aliphatic heterocycles. The molecule has 2 N–H and O–H groups in total. The van der Waals surface area contributed by atoms with Gasteiger partial charge in [-0.1, -0.05) is 26.0 Å². The molecule has 1 fully saturated rings. The topological polar surface area (TPSA) is 79.8 Å². The number of sulfone groups is 1. The van der Waals surface area contributed by atoms with Crippen LogP contribution in [-0.2, 0) is 21.0 Å². The summed E-state index contributed by atoms with van der Waals surface area (Å²) >= 11 is 0. The van der Waals surface area contributed by atoms with E-state index in [1.165, 1.54) is 6.26 Å². The van der Waals surface area contributed by atoms with Crippen molar-refractivity contribution in [3.63, 3.8) is 0 Å². The molecule has 0 heterocycles. The van der Waals surface area contributed by atoms with Crippen molar-refractivity contribution in [2.75, 3.05) is 26.5 Å². The normalized spacial score (nSPS) is 21.1. The zero-order valence-electron chi connectivity index (χ0n) is 18.2. The van der Waals surface area contributed by atoms with Crippen LogP contribution >= 0.6 is 24.0 Å². The fourth-order valence-corrected chi connectivity index (χ4v) is 4.80. The molecule has 1 aliphatic rings. The van der Waals surface area contributed by atoms with Crippen LogP contribution in [0.3, 0.4) is 0 Å². The standard InChI is InChI=1S/C21H35N3O3S.HI/c1-6-21(7-2)18(15-19(21)27-8-3)24-20(22-4)23-14-13-16-9-11-17(12-10-16)28(5,25)26;/h9-12,18-19H,6-8,13-15H2,1-5H3,(H2,22,23,24);1H. The SMILES string of the molecule is CCOC1CC(NC(=NC)NCCc2ccc(S(C)(=O)=O)cc2)C1(CC)CC.I. The molecular formula is C21H36IN3O3S. The number of rotatable bonds is 9. The summed E-state index contributed by atoms with van der Waals surface area (Å²) in [5, 5.41) is 6.95. The summed E-state index contributed by atoms with van der Waals surface area (Å²) < 4.78 is 29.0. The minimum Gasteiger partial charge on any atom is -0.378 e. The van der Waals surface area contributed by atoms with Crippen molar-refractivity contribution in [2.45, 2.75) is 63.5 Å². The molecule has 6 nitrogen and oxygen atoms in total. The molecular weight excluding hydrogens is 501 g/mol. The van der Waals surface area contributed by atoms with E-state index in [9.17, 15) is 8.42 Å². The molecule has 0 radical (unpaired) electrons. The number of hydrogen-bond acceptors (Lipinski definition) is 4. The van der Waals surface area contributed by atoms with E-state index in [4.69, 9.17) is 4.74 Å². The smallest absolute Gasteiger partial charge is 0.191 e. The van der Waals surface area contributed by atoms with Gasteiger partial charge in [-0.2, -0.15) is 0 Å². The van der Waals surface area contributed by atoms with E-state index in [2.05, 4.69) is 36.4 Å². The molecule has 0 saturated heterocycles. The van der Waals surface area contributed by atoms with Gasteiger partial charge in [0.1, 0.15) is 0 Å². The van der Waals surface area contributed by atoms with Gasteiger partial charge < -0.3 is 15.4 Å². The van der Waals surface area contributed by atoms with Crippen LogP contribution in [0.15, 0.2) is 34.2 Å². The van der Waals surface area contributed by atoms with E-state index in [1.54, 1.807) is 19.2 Å². The monoisotopic (exact) mass is 537 g/mol. The van der Waals surface area contributed by atoms with Crippen molar-refractivity contribution in [1.82, 2.24) is 10.6 Å². The van der Waals surface area contributed by atoms with Crippen molar-refractivity contribution in [3.05, 3.63) is 29.8 Å². The number of hydrogen-bond donors (Lipinski definition) is 2. The van der Waals surface area contributed by atoms with Gasteiger partial charge in [-0.15, -0.1) is 24.0 Å². The fraction of sp³-hybridized carbons (Fsp3) is 0.667. The second kappa shape index (κ2) is 11.5. The number of guanidine groups is 1. The fourth-order valence-electron chi connectivity index (χ4n) is 4.17. The maximum atomic E-state index is 11.5. The number of halogens is 1. The van der Waals surface area contributed by atoms with Crippen LogP contribution in [0.2, 0.25) is 0 Å². The molecule has 0 spiro atoms. The highest BCUT2D eigenvalue weighted by molar-refractivity contribution is 14.0. The van der Waals surface area contributed by atoms with Gasteiger partial charge >= 0.3 is 0 Å². The number of aliphatic imine (C=N–C) groups is 1. The third kappa shape index (κ3) is 6.30. The Morgan fingerprint density at radius 1 is 1.21 bits per heavy atom. The van der Waals surface area contributed by atoms with Crippen LogP contribution in [0.4, 0.5) is 0 Å². The van der Waals surface area contributed by atoms with E-state index >= 15 is 0 Å². The van der Waals surface area contributed by atoms with Gasteiger partial charge in [-0.05, 0) is 50.3 Å². The highest BCUT2D eigenvalue weighted by Gasteiger charge is 2.53. The van der Waals surface area contributed by atoms with Crippen molar-refractivity contribution in [1.29, 1.82) is 0 Å². The van der Waals surface area contributed by atoms with Crippen LogP contribution in [0.25, 0.3) is 0 Å². The molecule has 1 aromatic carbocycles. The van der Waals surface area contributed by atoms with Crippen LogP contribution in [-0.4, -0.2) is 53.0 Å². The summed E-state index contributed by atoms with van der Waals surface area (Å²) in [5.74, 6) is 0.805. The molecule has 0 bridgehead atoms. The van der Waals surface area contributed by atoms with Crippen molar-refractivity contribution < 1.29 is 13.2 Å². The third-order valence-corrected chi connectivity index (χ3v) is 7.19. The predicted octanol–water partition coefficient (Wildman–Crippen LogP) is 3.40. The minimum atomic E-state index is -3.15. The van der Waals surface area contributed by atoms with E-state index in [0.717, 1.165) is 50.4 Å². The number of ether oxygens (including phenoxy) is 1. The largest absolute Gasteiger partial charge is 0.378 e. The summed E-state index contributed by atoms with van der Waals surface area (Å²) in [6.07, 6.45) is 5.50. The molecule has 166 valence electrons. The maximum Gasteiger partial charge on any atom is 0.191 e. The molecule has 1 aromatic rings. The van der Waals surface area contributed by atoms with Gasteiger partial charge in [-0.25, -0.2) is 8.42 Å². The number of nitrogens with zero attached hydrogens (tertiary/aromatic N) is 1. The molecule has 29 heavy (non-hydrogen) atoms. The Morgan fingerprint density at radius 3 is 2.31 bits per heavy atom. The van der Waals surface area contributed by atoms with Gasteiger partial charge in [0, 0.05) is 37.9 Å². The van der Waals surface area contributed by atoms with Gasteiger partial charge in [0.15, 0.2) is 15.8 Å². The second-order valence-electron chi connectivity index (χ2n) is 7.48. The summed E-state index contributed by atoms with van der Waals surface area (Å²) in [6.45, 7) is 8.01. The summed E-state index contributed by atoms with van der Waals surface area (Å²) in [5.41, 5.74) is 1.25. The summed E-state index contributed by atoms with van der Waals surface area (Å²) in [7, 11) is -1.36. The predicted molar refractivity (Wildman–Crippen MR) is 130 cm³/mol. The molecule has 1 aliphatic carbocycles. The molecule has 0 aromatic heterocycles.